The lowest BCUT2D eigenvalue weighted by Crippen LogP contribution is -2.52. The Morgan fingerprint density at radius 2 is 2.22 bits per heavy atom. The average molecular weight is 244 g/mol. The summed E-state index contributed by atoms with van der Waals surface area (Å²) in [6, 6.07) is 8.78. The van der Waals surface area contributed by atoms with Crippen molar-refractivity contribution in [1.29, 1.82) is 0 Å². The highest BCUT2D eigenvalue weighted by molar-refractivity contribution is 5.58. The summed E-state index contributed by atoms with van der Waals surface area (Å²) >= 11 is 0. The van der Waals surface area contributed by atoms with Crippen molar-refractivity contribution < 1.29 is 0 Å². The number of rotatable bonds is 2. The van der Waals surface area contributed by atoms with Crippen LogP contribution in [-0.4, -0.2) is 18.6 Å². The minimum Gasteiger partial charge on any atom is -0.369 e. The molecule has 1 fully saturated rings. The van der Waals surface area contributed by atoms with E-state index in [4.69, 9.17) is 5.73 Å². The second kappa shape index (κ2) is 4.58. The van der Waals surface area contributed by atoms with Gasteiger partial charge in [-0.25, -0.2) is 0 Å². The zero-order valence-electron chi connectivity index (χ0n) is 11.4. The van der Waals surface area contributed by atoms with Gasteiger partial charge in [0.1, 0.15) is 0 Å². The van der Waals surface area contributed by atoms with E-state index >= 15 is 0 Å². The van der Waals surface area contributed by atoms with Crippen LogP contribution in [0.4, 0.5) is 5.69 Å². The minimum atomic E-state index is 0.0368. The molecule has 2 atom stereocenters. The first kappa shape index (κ1) is 12.0. The molecule has 2 unspecified atom stereocenters. The molecule has 1 aromatic carbocycles. The van der Waals surface area contributed by atoms with E-state index < -0.39 is 0 Å². The number of nitrogens with zero attached hydrogens (tertiary/aromatic N) is 1. The second-order valence-electron chi connectivity index (χ2n) is 6.36. The summed E-state index contributed by atoms with van der Waals surface area (Å²) < 4.78 is 0. The van der Waals surface area contributed by atoms with Crippen LogP contribution in [0.5, 0.6) is 0 Å². The van der Waals surface area contributed by atoms with Crippen LogP contribution in [0.15, 0.2) is 24.3 Å². The van der Waals surface area contributed by atoms with Crippen LogP contribution >= 0.6 is 0 Å². The van der Waals surface area contributed by atoms with E-state index in [1.165, 1.54) is 43.4 Å². The summed E-state index contributed by atoms with van der Waals surface area (Å²) in [5, 5.41) is 0. The maximum absolute atomic E-state index is 6.64. The van der Waals surface area contributed by atoms with Gasteiger partial charge in [-0.15, -0.1) is 0 Å². The van der Waals surface area contributed by atoms with E-state index in [1.807, 2.05) is 0 Å². The average Bonchev–Trinajstić information content (AvgIpc) is 2.72. The van der Waals surface area contributed by atoms with E-state index in [0.717, 1.165) is 19.0 Å². The Morgan fingerprint density at radius 1 is 1.39 bits per heavy atom. The minimum absolute atomic E-state index is 0.0368. The lowest BCUT2D eigenvalue weighted by Gasteiger charge is -2.40. The number of hydrogen-bond donors (Lipinski definition) is 1. The van der Waals surface area contributed by atoms with Crippen molar-refractivity contribution in [3.8, 4) is 0 Å². The second-order valence-corrected chi connectivity index (χ2v) is 6.36. The summed E-state index contributed by atoms with van der Waals surface area (Å²) in [6.07, 6.45) is 6.21. The van der Waals surface area contributed by atoms with Crippen molar-refractivity contribution >= 4 is 5.69 Å². The van der Waals surface area contributed by atoms with Gasteiger partial charge in [0.25, 0.3) is 0 Å². The molecule has 0 amide bonds. The molecule has 0 bridgehead atoms. The molecule has 2 nitrogen and oxygen atoms in total. The zero-order chi connectivity index (χ0) is 12.6. The smallest absolute Gasteiger partial charge is 0.0400 e. The lowest BCUT2D eigenvalue weighted by molar-refractivity contribution is 0.240. The SMILES string of the molecule is CC1CCCC(N)(CN2CCc3ccccc32)C1. The number of nitrogens with two attached hydrogens (primary N) is 1. The van der Waals surface area contributed by atoms with Crippen LogP contribution in [0.1, 0.15) is 38.2 Å². The Bertz CT molecular complexity index is 429. The van der Waals surface area contributed by atoms with Gasteiger partial charge in [0.05, 0.1) is 0 Å². The summed E-state index contributed by atoms with van der Waals surface area (Å²) in [5.74, 6) is 0.793. The van der Waals surface area contributed by atoms with Crippen LogP contribution < -0.4 is 10.6 Å². The molecule has 0 aromatic heterocycles. The summed E-state index contributed by atoms with van der Waals surface area (Å²) in [4.78, 5) is 2.51. The Hall–Kier alpha value is -1.02. The number of para-hydroxylation sites is 1. The molecular weight excluding hydrogens is 220 g/mol. The van der Waals surface area contributed by atoms with E-state index in [0.29, 0.717) is 0 Å². The number of hydrogen-bond acceptors (Lipinski definition) is 2. The van der Waals surface area contributed by atoms with Crippen molar-refractivity contribution in [2.45, 2.75) is 44.6 Å². The number of benzene rings is 1. The molecule has 1 aliphatic carbocycles. The molecule has 1 aromatic rings. The highest BCUT2D eigenvalue weighted by Crippen LogP contribution is 2.34. The molecule has 2 aliphatic rings. The maximum Gasteiger partial charge on any atom is 0.0400 e. The van der Waals surface area contributed by atoms with E-state index in [9.17, 15) is 0 Å². The van der Waals surface area contributed by atoms with Gasteiger partial charge in [0.15, 0.2) is 0 Å². The molecule has 0 spiro atoms. The van der Waals surface area contributed by atoms with Crippen molar-refractivity contribution in [3.05, 3.63) is 29.8 Å². The first-order valence-corrected chi connectivity index (χ1v) is 7.28. The summed E-state index contributed by atoms with van der Waals surface area (Å²) in [7, 11) is 0. The molecule has 1 heterocycles. The van der Waals surface area contributed by atoms with Gasteiger partial charge in [-0.2, -0.15) is 0 Å². The Kier molecular flexibility index (Phi) is 3.06. The Balaban J connectivity index is 1.74. The quantitative estimate of drug-likeness (QED) is 0.866. The molecule has 3 rings (SSSR count). The third-order valence-electron chi connectivity index (χ3n) is 4.62. The van der Waals surface area contributed by atoms with Crippen LogP contribution in [0, 0.1) is 5.92 Å². The van der Waals surface area contributed by atoms with Crippen LogP contribution in [0.25, 0.3) is 0 Å². The first-order valence-electron chi connectivity index (χ1n) is 7.28. The van der Waals surface area contributed by atoms with E-state index in [2.05, 4.69) is 36.1 Å². The fraction of sp³-hybridized carbons (Fsp3) is 0.625. The van der Waals surface area contributed by atoms with Crippen molar-refractivity contribution in [2.75, 3.05) is 18.0 Å². The predicted octanol–water partition coefficient (Wildman–Crippen LogP) is 2.96. The van der Waals surface area contributed by atoms with Gasteiger partial charge in [-0.1, -0.05) is 38.0 Å². The molecule has 98 valence electrons. The van der Waals surface area contributed by atoms with E-state index in [1.54, 1.807) is 0 Å². The maximum atomic E-state index is 6.64. The fourth-order valence-electron chi connectivity index (χ4n) is 3.80. The molecule has 1 aliphatic heterocycles. The van der Waals surface area contributed by atoms with Gasteiger partial charge in [-0.3, -0.25) is 0 Å². The standard InChI is InChI=1S/C16H24N2/c1-13-5-4-9-16(17,11-13)12-18-10-8-14-6-2-3-7-15(14)18/h2-3,6-7,13H,4-5,8-12,17H2,1H3. The molecule has 2 N–H and O–H groups in total. The molecular formula is C16H24N2. The summed E-state index contributed by atoms with van der Waals surface area (Å²) in [5.41, 5.74) is 9.59. The topological polar surface area (TPSA) is 29.3 Å². The molecule has 2 heteroatoms. The molecule has 0 saturated heterocycles. The van der Waals surface area contributed by atoms with Gasteiger partial charge in [-0.05, 0) is 36.8 Å². The van der Waals surface area contributed by atoms with Crippen LogP contribution in [-0.2, 0) is 6.42 Å². The largest absolute Gasteiger partial charge is 0.369 e. The van der Waals surface area contributed by atoms with Crippen molar-refractivity contribution in [2.24, 2.45) is 11.7 Å². The molecule has 1 saturated carbocycles. The monoisotopic (exact) mass is 244 g/mol. The fourth-order valence-corrected chi connectivity index (χ4v) is 3.80. The Labute approximate surface area is 110 Å². The Morgan fingerprint density at radius 3 is 3.06 bits per heavy atom. The number of anilines is 1. The predicted molar refractivity (Wildman–Crippen MR) is 76.9 cm³/mol. The van der Waals surface area contributed by atoms with Gasteiger partial charge in [0, 0.05) is 24.3 Å². The van der Waals surface area contributed by atoms with Crippen molar-refractivity contribution in [3.63, 3.8) is 0 Å². The third kappa shape index (κ3) is 2.26. The highest BCUT2D eigenvalue weighted by Gasteiger charge is 2.34. The summed E-state index contributed by atoms with van der Waals surface area (Å²) in [6.45, 7) is 4.53. The zero-order valence-corrected chi connectivity index (χ0v) is 11.4. The highest BCUT2D eigenvalue weighted by atomic mass is 15.2. The first-order chi connectivity index (χ1) is 8.66. The molecule has 0 radical (unpaired) electrons. The lowest BCUT2D eigenvalue weighted by atomic mass is 9.77. The normalized spacial score (nSPS) is 31.4. The third-order valence-corrected chi connectivity index (χ3v) is 4.62. The molecule has 18 heavy (non-hydrogen) atoms. The van der Waals surface area contributed by atoms with Gasteiger partial charge < -0.3 is 10.6 Å². The van der Waals surface area contributed by atoms with E-state index in [-0.39, 0.29) is 5.54 Å². The van der Waals surface area contributed by atoms with Crippen molar-refractivity contribution in [1.82, 2.24) is 0 Å². The number of fused-ring (bicyclic) bond motifs is 1. The van der Waals surface area contributed by atoms with Gasteiger partial charge >= 0.3 is 0 Å². The van der Waals surface area contributed by atoms with Crippen LogP contribution in [0.2, 0.25) is 0 Å². The van der Waals surface area contributed by atoms with Gasteiger partial charge in [0.2, 0.25) is 0 Å². The van der Waals surface area contributed by atoms with Crippen LogP contribution in [0.3, 0.4) is 0 Å².